The largest absolute Gasteiger partial charge is 0.309 e. The molecule has 3 heteroatoms. The van der Waals surface area contributed by atoms with Crippen molar-refractivity contribution in [3.63, 3.8) is 0 Å². The third-order valence-electron chi connectivity index (χ3n) is 10.8. The molecule has 11 rings (SSSR count). The van der Waals surface area contributed by atoms with E-state index in [4.69, 9.17) is 0 Å². The topological polar surface area (TPSA) is 22.8 Å². The van der Waals surface area contributed by atoms with Gasteiger partial charge in [-0.1, -0.05) is 91.0 Å². The van der Waals surface area contributed by atoms with Crippen LogP contribution in [-0.4, -0.2) is 14.1 Å². The summed E-state index contributed by atoms with van der Waals surface area (Å²) in [6.45, 7) is 0. The Morgan fingerprint density at radius 1 is 0.511 bits per heavy atom. The fourth-order valence-corrected chi connectivity index (χ4v) is 8.93. The van der Waals surface area contributed by atoms with Crippen molar-refractivity contribution in [3.05, 3.63) is 163 Å². The first-order valence-electron chi connectivity index (χ1n) is 16.6. The molecule has 6 aromatic carbocycles. The van der Waals surface area contributed by atoms with Crippen molar-refractivity contribution in [1.29, 1.82) is 0 Å². The van der Waals surface area contributed by atoms with Gasteiger partial charge in [0, 0.05) is 50.6 Å². The van der Waals surface area contributed by atoms with Crippen LogP contribution in [0.5, 0.6) is 0 Å². The molecule has 3 heterocycles. The van der Waals surface area contributed by atoms with E-state index in [2.05, 4.69) is 148 Å². The summed E-state index contributed by atoms with van der Waals surface area (Å²) in [4.78, 5) is 4.54. The molecular weight excluding hydrogens is 571 g/mol. The molecule has 0 fully saturated rings. The molecule has 0 spiro atoms. The van der Waals surface area contributed by atoms with Crippen molar-refractivity contribution in [2.24, 2.45) is 0 Å². The Balaban J connectivity index is 1.28. The zero-order valence-corrected chi connectivity index (χ0v) is 25.7. The van der Waals surface area contributed by atoms with Gasteiger partial charge in [-0.25, -0.2) is 0 Å². The zero-order valence-electron chi connectivity index (χ0n) is 25.7. The van der Waals surface area contributed by atoms with Gasteiger partial charge in [0.2, 0.25) is 0 Å². The Labute approximate surface area is 272 Å². The highest BCUT2D eigenvalue weighted by molar-refractivity contribution is 6.17. The molecule has 0 radical (unpaired) electrons. The van der Waals surface area contributed by atoms with Gasteiger partial charge >= 0.3 is 0 Å². The molecule has 2 aliphatic rings. The van der Waals surface area contributed by atoms with E-state index >= 15 is 0 Å². The Morgan fingerprint density at radius 3 is 1.98 bits per heavy atom. The third kappa shape index (κ3) is 3.33. The van der Waals surface area contributed by atoms with Crippen LogP contribution < -0.4 is 0 Å². The van der Waals surface area contributed by atoms with E-state index in [9.17, 15) is 0 Å². The maximum Gasteiger partial charge on any atom is 0.0724 e. The number of pyridine rings is 1. The smallest absolute Gasteiger partial charge is 0.0724 e. The van der Waals surface area contributed by atoms with E-state index in [0.717, 1.165) is 29.7 Å². The van der Waals surface area contributed by atoms with Gasteiger partial charge in [0.15, 0.2) is 0 Å². The van der Waals surface area contributed by atoms with Crippen LogP contribution in [0.3, 0.4) is 0 Å². The molecule has 0 amide bonds. The zero-order chi connectivity index (χ0) is 30.6. The highest BCUT2D eigenvalue weighted by Gasteiger charge is 2.33. The summed E-state index contributed by atoms with van der Waals surface area (Å²) in [7, 11) is 0. The lowest BCUT2D eigenvalue weighted by Gasteiger charge is -2.25. The third-order valence-corrected chi connectivity index (χ3v) is 10.8. The standard InChI is InChI=1S/C44H29N3/c1-2-14-31-29(12-1)32-20-21-37-38(31)25-39-34-16-6-8-19-41(34)47(44(39)43(37)36-17-4-3-13-30(32)36)28-11-9-10-27(24-28)46-40-18-7-5-15-33(40)35-22-23-45-26-42(35)46/h1-19,22-26,32H,20-21H2. The molecule has 220 valence electrons. The molecule has 3 nitrogen and oxygen atoms in total. The van der Waals surface area contributed by atoms with Crippen molar-refractivity contribution in [2.75, 3.05) is 0 Å². The number of rotatable bonds is 2. The molecule has 2 aliphatic carbocycles. The summed E-state index contributed by atoms with van der Waals surface area (Å²) in [5, 5.41) is 5.06. The summed E-state index contributed by atoms with van der Waals surface area (Å²) in [6.07, 6.45) is 6.07. The summed E-state index contributed by atoms with van der Waals surface area (Å²) in [5.74, 6) is 0.382. The van der Waals surface area contributed by atoms with Crippen LogP contribution in [0.2, 0.25) is 0 Å². The molecule has 9 aromatic rings. The van der Waals surface area contributed by atoms with E-state index < -0.39 is 0 Å². The minimum atomic E-state index is 0.382. The molecule has 0 N–H and O–H groups in total. The predicted octanol–water partition coefficient (Wildman–Crippen LogP) is 11.0. The first-order chi connectivity index (χ1) is 23.3. The van der Waals surface area contributed by atoms with Crippen molar-refractivity contribution in [1.82, 2.24) is 14.1 Å². The Kier molecular flexibility index (Phi) is 5.01. The van der Waals surface area contributed by atoms with Crippen molar-refractivity contribution in [2.45, 2.75) is 18.8 Å². The SMILES string of the molecule is c1cc(-n2c3ccccc3c3ccncc32)cc(-n2c3ccccc3c3cc4c5c(c32)-c2ccccc2C(CC5)c2ccccc2-4)c1. The van der Waals surface area contributed by atoms with Crippen molar-refractivity contribution < 1.29 is 0 Å². The van der Waals surface area contributed by atoms with E-state index in [1.807, 2.05) is 12.4 Å². The lowest BCUT2D eigenvalue weighted by Crippen LogP contribution is -2.05. The van der Waals surface area contributed by atoms with Crippen molar-refractivity contribution in [3.8, 4) is 33.6 Å². The van der Waals surface area contributed by atoms with Crippen LogP contribution >= 0.6 is 0 Å². The van der Waals surface area contributed by atoms with E-state index in [-0.39, 0.29) is 0 Å². The fourth-order valence-electron chi connectivity index (χ4n) is 8.93. The average molecular weight is 600 g/mol. The van der Waals surface area contributed by atoms with Gasteiger partial charge in [0.25, 0.3) is 0 Å². The normalized spacial score (nSPS) is 14.9. The second-order valence-corrected chi connectivity index (χ2v) is 13.1. The Hall–Kier alpha value is -5.93. The Morgan fingerprint density at radius 2 is 1.15 bits per heavy atom. The number of hydrogen-bond acceptors (Lipinski definition) is 1. The van der Waals surface area contributed by atoms with Gasteiger partial charge in [-0.2, -0.15) is 0 Å². The number of fused-ring (bicyclic) bond motifs is 15. The number of aromatic nitrogens is 3. The van der Waals surface area contributed by atoms with Crippen molar-refractivity contribution >= 4 is 43.6 Å². The molecular formula is C44H29N3. The summed E-state index contributed by atoms with van der Waals surface area (Å²) < 4.78 is 4.90. The van der Waals surface area contributed by atoms with E-state index in [1.165, 1.54) is 77.0 Å². The van der Waals surface area contributed by atoms with E-state index in [1.54, 1.807) is 0 Å². The maximum atomic E-state index is 4.54. The van der Waals surface area contributed by atoms with Crippen LogP contribution in [0.25, 0.3) is 77.2 Å². The van der Waals surface area contributed by atoms with Crippen LogP contribution in [-0.2, 0) is 6.42 Å². The Bertz CT molecular complexity index is 2710. The molecule has 47 heavy (non-hydrogen) atoms. The van der Waals surface area contributed by atoms with Gasteiger partial charge in [-0.15, -0.1) is 0 Å². The van der Waals surface area contributed by atoms with Gasteiger partial charge < -0.3 is 9.13 Å². The minimum Gasteiger partial charge on any atom is -0.309 e. The number of hydrogen-bond donors (Lipinski definition) is 0. The highest BCUT2D eigenvalue weighted by atomic mass is 15.0. The molecule has 0 saturated carbocycles. The van der Waals surface area contributed by atoms with Gasteiger partial charge in [-0.05, 0) is 88.7 Å². The molecule has 2 bridgehead atoms. The first kappa shape index (κ1) is 25.3. The monoisotopic (exact) mass is 599 g/mol. The van der Waals surface area contributed by atoms with Gasteiger partial charge in [0.05, 0.1) is 28.3 Å². The second-order valence-electron chi connectivity index (χ2n) is 13.1. The van der Waals surface area contributed by atoms with E-state index in [0.29, 0.717) is 5.92 Å². The van der Waals surface area contributed by atoms with Gasteiger partial charge in [0.1, 0.15) is 0 Å². The lowest BCUT2D eigenvalue weighted by atomic mass is 9.80. The molecule has 0 aliphatic heterocycles. The van der Waals surface area contributed by atoms with Crippen LogP contribution in [0, 0.1) is 0 Å². The summed E-state index contributed by atoms with van der Waals surface area (Å²) in [6, 6.07) is 49.6. The van der Waals surface area contributed by atoms with Crippen LogP contribution in [0.4, 0.5) is 0 Å². The summed E-state index contributed by atoms with van der Waals surface area (Å²) >= 11 is 0. The quantitative estimate of drug-likeness (QED) is 0.194. The number of para-hydroxylation sites is 2. The highest BCUT2D eigenvalue weighted by Crippen LogP contribution is 2.53. The first-order valence-corrected chi connectivity index (χ1v) is 16.6. The van der Waals surface area contributed by atoms with Crippen LogP contribution in [0.1, 0.15) is 29.0 Å². The lowest BCUT2D eigenvalue weighted by molar-refractivity contribution is 0.736. The average Bonchev–Trinajstić information content (AvgIpc) is 3.51. The summed E-state index contributed by atoms with van der Waals surface area (Å²) in [5.41, 5.74) is 17.1. The fraction of sp³-hybridized carbons (Fsp3) is 0.0682. The second kappa shape index (κ2) is 9.31. The molecule has 1 unspecified atom stereocenters. The molecule has 3 aromatic heterocycles. The predicted molar refractivity (Wildman–Crippen MR) is 194 cm³/mol. The van der Waals surface area contributed by atoms with Gasteiger partial charge in [-0.3, -0.25) is 4.98 Å². The number of benzene rings is 6. The number of nitrogens with zero attached hydrogens (tertiary/aromatic N) is 3. The molecule has 1 atom stereocenters. The maximum absolute atomic E-state index is 4.54. The minimum absolute atomic E-state index is 0.382. The molecule has 0 saturated heterocycles. The van der Waals surface area contributed by atoms with Crippen LogP contribution in [0.15, 0.2) is 146 Å².